The molecule has 2 unspecified atom stereocenters. The molecule has 0 aliphatic rings. The van der Waals surface area contributed by atoms with Crippen LogP contribution in [0, 0.1) is 13.8 Å². The van der Waals surface area contributed by atoms with Crippen LogP contribution in [0.3, 0.4) is 0 Å². The van der Waals surface area contributed by atoms with Gasteiger partial charge in [-0.2, -0.15) is 10.2 Å². The third-order valence-corrected chi connectivity index (χ3v) is 6.88. The molecule has 0 aliphatic carbocycles. The molecular weight excluding hydrogens is 782 g/mol. The topological polar surface area (TPSA) is 116 Å². The average molecular weight is 822 g/mol. The number of rotatable bonds is 9. The number of imidazole rings is 2. The first kappa shape index (κ1) is 36.1. The zero-order valence-corrected chi connectivity index (χ0v) is 30.1. The molecule has 14 heteroatoms. The maximum atomic E-state index is 5.10. The summed E-state index contributed by atoms with van der Waals surface area (Å²) in [5.74, 6) is 3.08. The Morgan fingerprint density at radius 1 is 0.717 bits per heavy atom. The molecule has 245 valence electrons. The monoisotopic (exact) mass is 823 g/mol. The van der Waals surface area contributed by atoms with E-state index < -0.39 is 0 Å². The van der Waals surface area contributed by atoms with Crippen molar-refractivity contribution in [2.75, 3.05) is 14.2 Å². The molecule has 0 fully saturated rings. The second kappa shape index (κ2) is 19.2. The zero-order valence-electron chi connectivity index (χ0n) is 26.8. The molecule has 6 heterocycles. The van der Waals surface area contributed by atoms with Crippen molar-refractivity contribution < 1.29 is 27.1 Å². The summed E-state index contributed by atoms with van der Waals surface area (Å²) >= 11 is 1.33. The molecule has 46 heavy (non-hydrogen) atoms. The SMILES string of the molecule is CCC(CC(C)n1ccnc1)n1ccnc1.COc1ccnc(-n2ccc(C)n2)c1.COc1ccnc(-n2ccc(C)n2)c1.[Cl][Os]. The van der Waals surface area contributed by atoms with E-state index in [2.05, 4.69) is 62.8 Å². The normalized spacial score (nSPS) is 11.5. The third kappa shape index (κ3) is 10.9. The van der Waals surface area contributed by atoms with Gasteiger partial charge in [0.05, 0.1) is 38.3 Å². The van der Waals surface area contributed by atoms with Gasteiger partial charge in [-0.3, -0.25) is 0 Å². The van der Waals surface area contributed by atoms with E-state index in [-0.39, 0.29) is 0 Å². The van der Waals surface area contributed by atoms with Gasteiger partial charge in [-0.1, -0.05) is 6.92 Å². The Kier molecular flexibility index (Phi) is 15.1. The maximum absolute atomic E-state index is 5.10. The minimum atomic E-state index is 0.467. The van der Waals surface area contributed by atoms with Crippen molar-refractivity contribution in [2.24, 2.45) is 0 Å². The van der Waals surface area contributed by atoms with Gasteiger partial charge in [-0.05, 0) is 57.9 Å². The number of methoxy groups -OCH3 is 2. The van der Waals surface area contributed by atoms with Gasteiger partial charge in [0.25, 0.3) is 0 Å². The van der Waals surface area contributed by atoms with Crippen molar-refractivity contribution in [1.82, 2.24) is 48.6 Å². The van der Waals surface area contributed by atoms with Crippen molar-refractivity contribution in [3.8, 4) is 23.1 Å². The van der Waals surface area contributed by atoms with Gasteiger partial charge in [-0.25, -0.2) is 29.3 Å². The predicted octanol–water partition coefficient (Wildman–Crippen LogP) is 6.54. The number of aromatic nitrogens is 10. The van der Waals surface area contributed by atoms with E-state index in [9.17, 15) is 0 Å². The number of hydrogen-bond donors (Lipinski definition) is 0. The van der Waals surface area contributed by atoms with Gasteiger partial charge in [0.1, 0.15) is 11.5 Å². The van der Waals surface area contributed by atoms with Crippen LogP contribution in [-0.2, 0) is 17.6 Å². The van der Waals surface area contributed by atoms with Crippen LogP contribution in [-0.4, -0.2) is 62.9 Å². The first-order valence-electron chi connectivity index (χ1n) is 14.5. The van der Waals surface area contributed by atoms with E-state index in [0.29, 0.717) is 12.1 Å². The number of ether oxygens (including phenoxy) is 2. The summed E-state index contributed by atoms with van der Waals surface area (Å²) in [6.45, 7) is 8.32. The molecule has 0 amide bonds. The van der Waals surface area contributed by atoms with E-state index in [0.717, 1.165) is 47.4 Å². The fourth-order valence-electron chi connectivity index (χ4n) is 4.42. The predicted molar refractivity (Wildman–Crippen MR) is 174 cm³/mol. The van der Waals surface area contributed by atoms with Gasteiger partial charge in [0, 0.05) is 73.8 Å². The number of hydrogen-bond acceptors (Lipinski definition) is 8. The van der Waals surface area contributed by atoms with Crippen LogP contribution < -0.4 is 9.47 Å². The molecule has 0 spiro atoms. The van der Waals surface area contributed by atoms with Gasteiger partial charge in [0.2, 0.25) is 0 Å². The molecule has 0 N–H and O–H groups in total. The van der Waals surface area contributed by atoms with Gasteiger partial charge < -0.3 is 18.6 Å². The van der Waals surface area contributed by atoms with Crippen molar-refractivity contribution in [2.45, 2.75) is 52.6 Å². The van der Waals surface area contributed by atoms with E-state index in [1.807, 2.05) is 87.9 Å². The Morgan fingerprint density at radius 2 is 1.20 bits per heavy atom. The summed E-state index contributed by atoms with van der Waals surface area (Å²) in [6, 6.07) is 12.1. The number of nitrogens with zero attached hydrogens (tertiary/aromatic N) is 10. The molecule has 6 aromatic rings. The molecule has 0 radical (unpaired) electrons. The fraction of sp³-hybridized carbons (Fsp3) is 0.312. The van der Waals surface area contributed by atoms with Crippen LogP contribution >= 0.6 is 9.64 Å². The number of pyridine rings is 2. The van der Waals surface area contributed by atoms with Crippen molar-refractivity contribution in [3.63, 3.8) is 0 Å². The first-order valence-corrected chi connectivity index (χ1v) is 17.7. The summed E-state index contributed by atoms with van der Waals surface area (Å²) in [7, 11) is 7.93. The van der Waals surface area contributed by atoms with Crippen LogP contribution in [0.2, 0.25) is 0 Å². The fourth-order valence-corrected chi connectivity index (χ4v) is 4.42. The van der Waals surface area contributed by atoms with Gasteiger partial charge in [0.15, 0.2) is 11.6 Å². The molecule has 0 bridgehead atoms. The molecule has 12 nitrogen and oxygen atoms in total. The summed E-state index contributed by atoms with van der Waals surface area (Å²) in [6.07, 6.45) is 20.9. The van der Waals surface area contributed by atoms with E-state index >= 15 is 0 Å². The molecule has 6 rings (SSSR count). The van der Waals surface area contributed by atoms with Crippen LogP contribution in [0.4, 0.5) is 0 Å². The summed E-state index contributed by atoms with van der Waals surface area (Å²) in [4.78, 5) is 16.6. The molecule has 0 saturated heterocycles. The Labute approximate surface area is 284 Å². The molecule has 0 aliphatic heterocycles. The molecule has 6 aromatic heterocycles. The van der Waals surface area contributed by atoms with Crippen LogP contribution in [0.5, 0.6) is 11.5 Å². The third-order valence-electron chi connectivity index (χ3n) is 6.88. The zero-order chi connectivity index (χ0) is 33.3. The molecule has 0 saturated carbocycles. The van der Waals surface area contributed by atoms with Crippen molar-refractivity contribution in [3.05, 3.63) is 110 Å². The van der Waals surface area contributed by atoms with Crippen LogP contribution in [0.25, 0.3) is 11.6 Å². The Morgan fingerprint density at radius 3 is 1.57 bits per heavy atom. The van der Waals surface area contributed by atoms with E-state index in [4.69, 9.17) is 9.47 Å². The number of halogens is 1. The average Bonchev–Trinajstić information content (AvgIpc) is 3.94. The summed E-state index contributed by atoms with van der Waals surface area (Å²) in [5.41, 5.74) is 1.93. The van der Waals surface area contributed by atoms with Gasteiger partial charge in [-0.15, -0.1) is 0 Å². The Balaban J connectivity index is 0.000000183. The summed E-state index contributed by atoms with van der Waals surface area (Å²) < 4.78 is 18.0. The molecular formula is C32H40ClN10O2Os. The molecule has 2 atom stereocenters. The minimum absolute atomic E-state index is 0.467. The Hall–Kier alpha value is -4.33. The van der Waals surface area contributed by atoms with Crippen LogP contribution in [0.15, 0.2) is 98.6 Å². The quantitative estimate of drug-likeness (QED) is 0.162. The van der Waals surface area contributed by atoms with Crippen LogP contribution in [0.1, 0.15) is 50.2 Å². The van der Waals surface area contributed by atoms with Crippen molar-refractivity contribution in [1.29, 1.82) is 0 Å². The van der Waals surface area contributed by atoms with Crippen molar-refractivity contribution >= 4 is 9.64 Å². The van der Waals surface area contributed by atoms with E-state index in [1.165, 1.54) is 17.6 Å². The molecule has 0 aromatic carbocycles. The Bertz CT molecular complexity index is 1590. The van der Waals surface area contributed by atoms with Gasteiger partial charge >= 0.3 is 27.2 Å². The number of aryl methyl sites for hydroxylation is 2. The van der Waals surface area contributed by atoms with E-state index in [1.54, 1.807) is 48.1 Å². The standard InChI is InChI=1S/C12H18N4.2C10H11N3O.ClH.Os/c1-3-12(16-7-5-14-10-16)8-11(2)15-6-4-13-9-15;2*1-8-4-6-13(12-8)10-7-9(14-2)3-5-11-10;;/h4-7,9-12H,3,8H2,1-2H3;2*3-7H,1-2H3;1H;/q;;;;+1/p-1. The second-order valence-corrected chi connectivity index (χ2v) is 10.1. The summed E-state index contributed by atoms with van der Waals surface area (Å²) in [5, 5.41) is 8.51. The second-order valence-electron chi connectivity index (χ2n) is 10.1. The first-order chi connectivity index (χ1) is 22.4.